The first-order chi connectivity index (χ1) is 15.2. The molecule has 2 aromatic carbocycles. The van der Waals surface area contributed by atoms with Crippen molar-refractivity contribution in [2.24, 2.45) is 0 Å². The number of rotatable bonds is 9. The molecule has 0 saturated carbocycles. The van der Waals surface area contributed by atoms with Gasteiger partial charge in [0.25, 0.3) is 0 Å². The van der Waals surface area contributed by atoms with Crippen LogP contribution in [0.15, 0.2) is 54.6 Å². The van der Waals surface area contributed by atoms with Gasteiger partial charge in [0.15, 0.2) is 0 Å². The van der Waals surface area contributed by atoms with Crippen LogP contribution < -0.4 is 10.1 Å². The molecular formula is C26H34N2O3. The molecule has 0 radical (unpaired) electrons. The summed E-state index contributed by atoms with van der Waals surface area (Å²) in [5.74, 6) is 1.19. The van der Waals surface area contributed by atoms with Gasteiger partial charge in [-0.15, -0.1) is 0 Å². The Morgan fingerprint density at radius 1 is 1.10 bits per heavy atom. The van der Waals surface area contributed by atoms with E-state index in [0.717, 1.165) is 64.3 Å². The Hall–Kier alpha value is -2.37. The van der Waals surface area contributed by atoms with Crippen molar-refractivity contribution >= 4 is 5.91 Å². The first-order valence-corrected chi connectivity index (χ1v) is 11.5. The topological polar surface area (TPSA) is 50.8 Å². The van der Waals surface area contributed by atoms with Crippen molar-refractivity contribution in [1.82, 2.24) is 10.2 Å². The molecule has 2 aromatic rings. The number of hydrogen-bond acceptors (Lipinski definition) is 4. The van der Waals surface area contributed by atoms with Crippen molar-refractivity contribution in [3.05, 3.63) is 65.7 Å². The number of nitrogens with zero attached hydrogens (tertiary/aromatic N) is 1. The number of likely N-dealkylation sites (tertiary alicyclic amines) is 1. The number of nitrogens with one attached hydrogen (secondary N) is 1. The molecule has 5 nitrogen and oxygen atoms in total. The standard InChI is InChI=1S/C26H34N2O3/c1-30-24-10-7-21(8-11-24)19-27-16-13-23-9-12-25(29)28(23)20-26(14-17-31-18-15-26)22-5-3-2-4-6-22/h2-8,10-11,23,27H,9,12-20H2,1H3. The molecule has 1 amide bonds. The predicted octanol–water partition coefficient (Wildman–Crippen LogP) is 3.91. The van der Waals surface area contributed by atoms with Crippen LogP contribution in [0.25, 0.3) is 0 Å². The lowest BCUT2D eigenvalue weighted by Gasteiger charge is -2.42. The van der Waals surface area contributed by atoms with E-state index in [2.05, 4.69) is 52.7 Å². The number of ether oxygens (including phenoxy) is 2. The van der Waals surface area contributed by atoms with Crippen molar-refractivity contribution in [1.29, 1.82) is 0 Å². The average molecular weight is 423 g/mol. The third-order valence-corrected chi connectivity index (χ3v) is 6.90. The van der Waals surface area contributed by atoms with Crippen molar-refractivity contribution in [2.45, 2.75) is 50.1 Å². The Balaban J connectivity index is 1.35. The summed E-state index contributed by atoms with van der Waals surface area (Å²) in [4.78, 5) is 15.0. The van der Waals surface area contributed by atoms with Crippen LogP contribution in [-0.4, -0.2) is 50.3 Å². The summed E-state index contributed by atoms with van der Waals surface area (Å²) in [6.07, 6.45) is 4.57. The Labute approximate surface area is 185 Å². The zero-order valence-electron chi connectivity index (χ0n) is 18.5. The fourth-order valence-corrected chi connectivity index (χ4v) is 4.97. The number of carbonyl (C=O) groups excluding carboxylic acids is 1. The third kappa shape index (κ3) is 5.28. The van der Waals surface area contributed by atoms with Gasteiger partial charge in [-0.3, -0.25) is 4.79 Å². The summed E-state index contributed by atoms with van der Waals surface area (Å²) in [5, 5.41) is 3.55. The number of methoxy groups -OCH3 is 1. The number of amides is 1. The lowest BCUT2D eigenvalue weighted by molar-refractivity contribution is -0.130. The second-order valence-corrected chi connectivity index (χ2v) is 8.79. The van der Waals surface area contributed by atoms with E-state index in [0.29, 0.717) is 18.4 Å². The van der Waals surface area contributed by atoms with Gasteiger partial charge < -0.3 is 19.7 Å². The van der Waals surface area contributed by atoms with Crippen LogP contribution in [0.1, 0.15) is 43.2 Å². The zero-order valence-corrected chi connectivity index (χ0v) is 18.5. The molecule has 0 aliphatic carbocycles. The SMILES string of the molecule is COc1ccc(CNCCC2CCC(=O)N2CC2(c3ccccc3)CCOCC2)cc1. The van der Waals surface area contributed by atoms with E-state index in [9.17, 15) is 4.79 Å². The van der Waals surface area contributed by atoms with Crippen LogP contribution in [0.4, 0.5) is 0 Å². The lowest BCUT2D eigenvalue weighted by Crippen LogP contribution is -2.48. The van der Waals surface area contributed by atoms with E-state index in [1.807, 2.05) is 12.1 Å². The molecule has 4 rings (SSSR count). The molecule has 5 heteroatoms. The van der Waals surface area contributed by atoms with Gasteiger partial charge in [0.1, 0.15) is 5.75 Å². The maximum Gasteiger partial charge on any atom is 0.222 e. The Kier molecular flexibility index (Phi) is 7.25. The Morgan fingerprint density at radius 2 is 1.84 bits per heavy atom. The molecule has 0 spiro atoms. The summed E-state index contributed by atoms with van der Waals surface area (Å²) in [6.45, 7) is 4.08. The molecule has 0 aromatic heterocycles. The molecule has 2 aliphatic rings. The largest absolute Gasteiger partial charge is 0.497 e. The Morgan fingerprint density at radius 3 is 2.55 bits per heavy atom. The minimum absolute atomic E-state index is 0.00822. The zero-order chi connectivity index (χ0) is 21.5. The van der Waals surface area contributed by atoms with Crippen molar-refractivity contribution < 1.29 is 14.3 Å². The van der Waals surface area contributed by atoms with Gasteiger partial charge in [0.05, 0.1) is 7.11 Å². The van der Waals surface area contributed by atoms with Gasteiger partial charge in [-0.25, -0.2) is 0 Å². The van der Waals surface area contributed by atoms with Gasteiger partial charge in [0, 0.05) is 44.2 Å². The highest BCUT2D eigenvalue weighted by Gasteiger charge is 2.41. The molecule has 1 N–H and O–H groups in total. The van der Waals surface area contributed by atoms with E-state index >= 15 is 0 Å². The predicted molar refractivity (Wildman–Crippen MR) is 122 cm³/mol. The average Bonchev–Trinajstić information content (AvgIpc) is 3.17. The molecule has 31 heavy (non-hydrogen) atoms. The van der Waals surface area contributed by atoms with Gasteiger partial charge in [-0.1, -0.05) is 42.5 Å². The second-order valence-electron chi connectivity index (χ2n) is 8.79. The highest BCUT2D eigenvalue weighted by atomic mass is 16.5. The normalized spacial score (nSPS) is 20.7. The number of carbonyl (C=O) groups is 1. The molecule has 1 atom stereocenters. The smallest absolute Gasteiger partial charge is 0.222 e. The van der Waals surface area contributed by atoms with E-state index in [1.54, 1.807) is 7.11 Å². The fourth-order valence-electron chi connectivity index (χ4n) is 4.97. The van der Waals surface area contributed by atoms with Gasteiger partial charge in [0.2, 0.25) is 5.91 Å². The molecule has 2 aliphatic heterocycles. The van der Waals surface area contributed by atoms with E-state index < -0.39 is 0 Å². The molecular weight excluding hydrogens is 388 g/mol. The van der Waals surface area contributed by atoms with Gasteiger partial charge in [-0.2, -0.15) is 0 Å². The van der Waals surface area contributed by atoms with Crippen LogP contribution in [0, 0.1) is 0 Å². The van der Waals surface area contributed by atoms with Crippen LogP contribution in [-0.2, 0) is 21.5 Å². The maximum absolute atomic E-state index is 12.8. The van der Waals surface area contributed by atoms with Crippen LogP contribution in [0.5, 0.6) is 5.75 Å². The second kappa shape index (κ2) is 10.3. The van der Waals surface area contributed by atoms with Crippen LogP contribution in [0.2, 0.25) is 0 Å². The van der Waals surface area contributed by atoms with Crippen molar-refractivity contribution in [3.8, 4) is 5.75 Å². The van der Waals surface area contributed by atoms with Gasteiger partial charge >= 0.3 is 0 Å². The highest BCUT2D eigenvalue weighted by Crippen LogP contribution is 2.38. The van der Waals surface area contributed by atoms with E-state index in [-0.39, 0.29) is 5.41 Å². The molecule has 0 bridgehead atoms. The summed E-state index contributed by atoms with van der Waals surface area (Å²) in [5.41, 5.74) is 2.59. The minimum atomic E-state index is 0.00822. The van der Waals surface area contributed by atoms with Gasteiger partial charge in [-0.05, 0) is 55.5 Å². The van der Waals surface area contributed by atoms with Crippen LogP contribution in [0.3, 0.4) is 0 Å². The molecule has 2 heterocycles. The monoisotopic (exact) mass is 422 g/mol. The molecule has 1 unspecified atom stereocenters. The number of hydrogen-bond donors (Lipinski definition) is 1. The highest BCUT2D eigenvalue weighted by molar-refractivity contribution is 5.79. The van der Waals surface area contributed by atoms with E-state index in [4.69, 9.17) is 9.47 Å². The number of benzene rings is 2. The molecule has 2 saturated heterocycles. The molecule has 166 valence electrons. The fraction of sp³-hybridized carbons (Fsp3) is 0.500. The Bertz CT molecular complexity index is 831. The van der Waals surface area contributed by atoms with Crippen LogP contribution >= 0.6 is 0 Å². The minimum Gasteiger partial charge on any atom is -0.497 e. The van der Waals surface area contributed by atoms with E-state index in [1.165, 1.54) is 11.1 Å². The molecule has 2 fully saturated rings. The van der Waals surface area contributed by atoms with Crippen molar-refractivity contribution in [3.63, 3.8) is 0 Å². The summed E-state index contributed by atoms with van der Waals surface area (Å²) in [6, 6.07) is 19.2. The lowest BCUT2D eigenvalue weighted by atomic mass is 9.73. The third-order valence-electron chi connectivity index (χ3n) is 6.90. The summed E-state index contributed by atoms with van der Waals surface area (Å²) in [7, 11) is 1.68. The summed E-state index contributed by atoms with van der Waals surface area (Å²) >= 11 is 0. The summed E-state index contributed by atoms with van der Waals surface area (Å²) < 4.78 is 10.9. The first kappa shape index (κ1) is 21.8. The first-order valence-electron chi connectivity index (χ1n) is 11.5. The maximum atomic E-state index is 12.8. The van der Waals surface area contributed by atoms with Crippen molar-refractivity contribution in [2.75, 3.05) is 33.4 Å². The quantitative estimate of drug-likeness (QED) is 0.623.